The van der Waals surface area contributed by atoms with Gasteiger partial charge >= 0.3 is 0 Å². The first kappa shape index (κ1) is 13.8. The van der Waals surface area contributed by atoms with Gasteiger partial charge < -0.3 is 10.2 Å². The van der Waals surface area contributed by atoms with Crippen LogP contribution in [0.25, 0.3) is 10.2 Å². The number of nitrogens with one attached hydrogen (secondary N) is 1. The summed E-state index contributed by atoms with van der Waals surface area (Å²) in [6.45, 7) is 2.14. The molecule has 3 aromatic rings. The summed E-state index contributed by atoms with van der Waals surface area (Å²) in [7, 11) is 3.99. The fourth-order valence-electron chi connectivity index (χ4n) is 2.28. The van der Waals surface area contributed by atoms with Gasteiger partial charge in [0.2, 0.25) is 0 Å². The van der Waals surface area contributed by atoms with Crippen LogP contribution in [0.5, 0.6) is 0 Å². The molecule has 0 fully saturated rings. The van der Waals surface area contributed by atoms with Gasteiger partial charge in [0, 0.05) is 26.5 Å². The zero-order valence-electron chi connectivity index (χ0n) is 12.4. The largest absolute Gasteiger partial charge is 0.375 e. The molecule has 0 saturated heterocycles. The van der Waals surface area contributed by atoms with E-state index in [0.717, 1.165) is 17.0 Å². The van der Waals surface area contributed by atoms with Crippen molar-refractivity contribution in [2.24, 2.45) is 0 Å². The molecule has 4 nitrogen and oxygen atoms in total. The second kappa shape index (κ2) is 5.69. The van der Waals surface area contributed by atoms with Gasteiger partial charge in [-0.25, -0.2) is 4.98 Å². The van der Waals surface area contributed by atoms with Gasteiger partial charge in [-0.15, -0.1) is 11.3 Å². The van der Waals surface area contributed by atoms with Crippen molar-refractivity contribution in [1.29, 1.82) is 0 Å². The predicted molar refractivity (Wildman–Crippen MR) is 90.2 cm³/mol. The standard InChI is InChI=1S/C16H18N4S/c1-11(12-9-15-13(18-10-12)6-8-21-15)19-14-5-4-7-17-16(14)20(2)3/h4-11,19H,1-3H3. The Balaban J connectivity index is 1.87. The Hall–Kier alpha value is -2.14. The number of hydrogen-bond donors (Lipinski definition) is 1. The summed E-state index contributed by atoms with van der Waals surface area (Å²) in [5, 5.41) is 5.60. The van der Waals surface area contributed by atoms with Gasteiger partial charge in [0.1, 0.15) is 0 Å². The fourth-order valence-corrected chi connectivity index (χ4v) is 3.07. The van der Waals surface area contributed by atoms with Gasteiger partial charge in [0.25, 0.3) is 0 Å². The molecule has 0 aromatic carbocycles. The Morgan fingerprint density at radius 1 is 1.24 bits per heavy atom. The van der Waals surface area contributed by atoms with Crippen LogP contribution >= 0.6 is 11.3 Å². The van der Waals surface area contributed by atoms with E-state index in [1.807, 2.05) is 43.5 Å². The van der Waals surface area contributed by atoms with Crippen LogP contribution < -0.4 is 10.2 Å². The van der Waals surface area contributed by atoms with E-state index in [9.17, 15) is 0 Å². The molecule has 1 N–H and O–H groups in total. The molecule has 3 aromatic heterocycles. The third-order valence-corrected chi connectivity index (χ3v) is 4.26. The number of rotatable bonds is 4. The molecule has 108 valence electrons. The van der Waals surface area contributed by atoms with E-state index in [1.165, 1.54) is 10.3 Å². The SMILES string of the molecule is CC(Nc1cccnc1N(C)C)c1cnc2ccsc2c1. The van der Waals surface area contributed by atoms with Crippen molar-refractivity contribution in [2.45, 2.75) is 13.0 Å². The number of aromatic nitrogens is 2. The number of fused-ring (bicyclic) bond motifs is 1. The molecule has 21 heavy (non-hydrogen) atoms. The minimum atomic E-state index is 0.173. The highest BCUT2D eigenvalue weighted by atomic mass is 32.1. The molecule has 0 bridgehead atoms. The molecule has 3 heterocycles. The van der Waals surface area contributed by atoms with Crippen LogP contribution in [0.2, 0.25) is 0 Å². The van der Waals surface area contributed by atoms with E-state index in [2.05, 4.69) is 39.7 Å². The molecule has 5 heteroatoms. The van der Waals surface area contributed by atoms with Crippen molar-refractivity contribution in [3.63, 3.8) is 0 Å². The predicted octanol–water partition coefficient (Wildman–Crippen LogP) is 3.93. The van der Waals surface area contributed by atoms with Gasteiger partial charge in [-0.3, -0.25) is 4.98 Å². The number of nitrogens with zero attached hydrogens (tertiary/aromatic N) is 3. The Bertz CT molecular complexity index is 751. The van der Waals surface area contributed by atoms with Gasteiger partial charge in [0.15, 0.2) is 5.82 Å². The maximum atomic E-state index is 4.51. The zero-order chi connectivity index (χ0) is 14.8. The lowest BCUT2D eigenvalue weighted by Gasteiger charge is -2.20. The molecule has 3 rings (SSSR count). The van der Waals surface area contributed by atoms with E-state index in [0.29, 0.717) is 0 Å². The highest BCUT2D eigenvalue weighted by molar-refractivity contribution is 7.17. The maximum Gasteiger partial charge on any atom is 0.151 e. The van der Waals surface area contributed by atoms with E-state index >= 15 is 0 Å². The minimum Gasteiger partial charge on any atom is -0.375 e. The smallest absolute Gasteiger partial charge is 0.151 e. The summed E-state index contributed by atoms with van der Waals surface area (Å²) in [6.07, 6.45) is 3.75. The third-order valence-electron chi connectivity index (χ3n) is 3.41. The van der Waals surface area contributed by atoms with Crippen LogP contribution in [-0.2, 0) is 0 Å². The average Bonchev–Trinajstić information content (AvgIpc) is 2.94. The van der Waals surface area contributed by atoms with E-state index in [4.69, 9.17) is 0 Å². The highest BCUT2D eigenvalue weighted by Crippen LogP contribution is 2.28. The molecule has 0 aliphatic carbocycles. The summed E-state index contributed by atoms with van der Waals surface area (Å²) in [6, 6.07) is 8.43. The lowest BCUT2D eigenvalue weighted by atomic mass is 10.1. The second-order valence-corrected chi connectivity index (χ2v) is 6.16. The van der Waals surface area contributed by atoms with Crippen molar-refractivity contribution < 1.29 is 0 Å². The first-order valence-electron chi connectivity index (χ1n) is 6.87. The van der Waals surface area contributed by atoms with E-state index in [-0.39, 0.29) is 6.04 Å². The third kappa shape index (κ3) is 2.83. The van der Waals surface area contributed by atoms with Crippen molar-refractivity contribution in [1.82, 2.24) is 9.97 Å². The molecule has 1 unspecified atom stereocenters. The second-order valence-electron chi connectivity index (χ2n) is 5.21. The van der Waals surface area contributed by atoms with Crippen LogP contribution in [0.4, 0.5) is 11.5 Å². The zero-order valence-corrected chi connectivity index (χ0v) is 13.2. The molecule has 0 saturated carbocycles. The van der Waals surface area contributed by atoms with Gasteiger partial charge in [0.05, 0.1) is 21.9 Å². The Labute approximate surface area is 128 Å². The van der Waals surface area contributed by atoms with Crippen molar-refractivity contribution in [3.8, 4) is 0 Å². The lowest BCUT2D eigenvalue weighted by molar-refractivity contribution is 0.875. The highest BCUT2D eigenvalue weighted by Gasteiger charge is 2.11. The maximum absolute atomic E-state index is 4.51. The molecule has 0 spiro atoms. The van der Waals surface area contributed by atoms with E-state index in [1.54, 1.807) is 11.3 Å². The summed E-state index contributed by atoms with van der Waals surface area (Å²) in [4.78, 5) is 10.9. The lowest BCUT2D eigenvalue weighted by Crippen LogP contribution is -2.15. The van der Waals surface area contributed by atoms with Crippen LogP contribution in [0.1, 0.15) is 18.5 Å². The van der Waals surface area contributed by atoms with Crippen LogP contribution in [0.15, 0.2) is 42.0 Å². The van der Waals surface area contributed by atoms with Crippen LogP contribution in [0.3, 0.4) is 0 Å². The summed E-state index contributed by atoms with van der Waals surface area (Å²) in [5.74, 6) is 0.939. The van der Waals surface area contributed by atoms with Crippen LogP contribution in [0, 0.1) is 0 Å². The quantitative estimate of drug-likeness (QED) is 0.792. The number of thiophene rings is 1. The molecule has 0 amide bonds. The fraction of sp³-hybridized carbons (Fsp3) is 0.250. The normalized spacial score (nSPS) is 12.3. The molecular formula is C16H18N4S. The summed E-state index contributed by atoms with van der Waals surface area (Å²) >= 11 is 1.72. The Kier molecular flexibility index (Phi) is 3.75. The molecule has 0 aliphatic heterocycles. The van der Waals surface area contributed by atoms with Crippen molar-refractivity contribution >= 4 is 33.1 Å². The first-order valence-corrected chi connectivity index (χ1v) is 7.75. The van der Waals surface area contributed by atoms with E-state index < -0.39 is 0 Å². The number of anilines is 2. The minimum absolute atomic E-state index is 0.173. The van der Waals surface area contributed by atoms with Gasteiger partial charge in [-0.2, -0.15) is 0 Å². The molecule has 0 aliphatic rings. The van der Waals surface area contributed by atoms with Crippen molar-refractivity contribution in [2.75, 3.05) is 24.3 Å². The Morgan fingerprint density at radius 3 is 2.90 bits per heavy atom. The molecule has 1 atom stereocenters. The monoisotopic (exact) mass is 298 g/mol. The summed E-state index contributed by atoms with van der Waals surface area (Å²) in [5.41, 5.74) is 3.27. The van der Waals surface area contributed by atoms with Crippen LogP contribution in [-0.4, -0.2) is 24.1 Å². The summed E-state index contributed by atoms with van der Waals surface area (Å²) < 4.78 is 1.22. The first-order chi connectivity index (χ1) is 10.1. The number of hydrogen-bond acceptors (Lipinski definition) is 5. The van der Waals surface area contributed by atoms with Gasteiger partial charge in [-0.05, 0) is 42.1 Å². The molecule has 0 radical (unpaired) electrons. The Morgan fingerprint density at radius 2 is 2.10 bits per heavy atom. The molecular weight excluding hydrogens is 280 g/mol. The topological polar surface area (TPSA) is 41.1 Å². The van der Waals surface area contributed by atoms with Gasteiger partial charge in [-0.1, -0.05) is 0 Å². The average molecular weight is 298 g/mol. The number of pyridine rings is 2. The van der Waals surface area contributed by atoms with Crippen molar-refractivity contribution in [3.05, 3.63) is 47.6 Å².